The van der Waals surface area contributed by atoms with E-state index < -0.39 is 5.97 Å². The van der Waals surface area contributed by atoms with E-state index in [0.29, 0.717) is 5.70 Å². The van der Waals surface area contributed by atoms with E-state index in [2.05, 4.69) is 9.98 Å². The number of carboxylic acid groups (broad SMARTS) is 1. The zero-order valence-electron chi connectivity index (χ0n) is 6.14. The van der Waals surface area contributed by atoms with Crippen LogP contribution < -0.4 is 0 Å². The fourth-order valence-corrected chi connectivity index (χ4v) is 1.12. The number of hydrogen-bond donors (Lipinski definition) is 1. The summed E-state index contributed by atoms with van der Waals surface area (Å²) in [7, 11) is 0. The normalized spacial score (nSPS) is 24.8. The third-order valence-corrected chi connectivity index (χ3v) is 1.70. The first kappa shape index (κ1) is 6.97. The highest BCUT2D eigenvalue weighted by molar-refractivity contribution is 6.41. The molecular formula is C8H6N2O2. The van der Waals surface area contributed by atoms with Gasteiger partial charge in [-0.05, 0) is 12.2 Å². The molecule has 0 fully saturated rings. The minimum Gasteiger partial charge on any atom is -0.477 e. The molecule has 2 heterocycles. The van der Waals surface area contributed by atoms with Crippen molar-refractivity contribution in [1.82, 2.24) is 0 Å². The fourth-order valence-electron chi connectivity index (χ4n) is 1.12. The van der Waals surface area contributed by atoms with Crippen molar-refractivity contribution in [1.29, 1.82) is 0 Å². The molecule has 0 aromatic rings. The maximum Gasteiger partial charge on any atom is 0.354 e. The first-order valence-electron chi connectivity index (χ1n) is 3.51. The van der Waals surface area contributed by atoms with Crippen molar-refractivity contribution in [3.05, 3.63) is 23.9 Å². The van der Waals surface area contributed by atoms with E-state index in [0.717, 1.165) is 0 Å². The van der Waals surface area contributed by atoms with Crippen LogP contribution in [-0.4, -0.2) is 29.0 Å². The summed E-state index contributed by atoms with van der Waals surface area (Å²) in [5, 5.41) is 8.61. The molecular weight excluding hydrogens is 156 g/mol. The molecule has 2 aliphatic heterocycles. The summed E-state index contributed by atoms with van der Waals surface area (Å²) < 4.78 is 0. The number of aliphatic carboxylic acids is 1. The summed E-state index contributed by atoms with van der Waals surface area (Å²) in [5.41, 5.74) is 0.776. The minimum absolute atomic E-state index is 0.0619. The molecule has 2 aliphatic rings. The number of nitrogens with zero attached hydrogens (tertiary/aromatic N) is 2. The van der Waals surface area contributed by atoms with Crippen LogP contribution in [0.3, 0.4) is 0 Å². The largest absolute Gasteiger partial charge is 0.477 e. The molecule has 0 aromatic carbocycles. The van der Waals surface area contributed by atoms with Crippen molar-refractivity contribution in [3.8, 4) is 0 Å². The summed E-state index contributed by atoms with van der Waals surface area (Å²) in [6.45, 7) is 0. The van der Waals surface area contributed by atoms with Gasteiger partial charge in [-0.25, -0.2) is 9.79 Å². The Balaban J connectivity index is 2.34. The summed E-state index contributed by atoms with van der Waals surface area (Å²) in [6, 6.07) is -0.0619. The summed E-state index contributed by atoms with van der Waals surface area (Å²) >= 11 is 0. The SMILES string of the molecule is O=C(O)C1=NC2=CC=N[C@@H]2C=C1. The van der Waals surface area contributed by atoms with Crippen molar-refractivity contribution >= 4 is 17.9 Å². The third-order valence-electron chi connectivity index (χ3n) is 1.70. The summed E-state index contributed by atoms with van der Waals surface area (Å²) in [4.78, 5) is 18.4. The van der Waals surface area contributed by atoms with E-state index in [4.69, 9.17) is 5.11 Å². The van der Waals surface area contributed by atoms with Crippen molar-refractivity contribution in [2.75, 3.05) is 0 Å². The molecule has 1 atom stereocenters. The van der Waals surface area contributed by atoms with Gasteiger partial charge in [0.1, 0.15) is 11.8 Å². The van der Waals surface area contributed by atoms with Crippen LogP contribution in [-0.2, 0) is 4.79 Å². The summed E-state index contributed by atoms with van der Waals surface area (Å²) in [5.74, 6) is -1.00. The molecule has 0 saturated carbocycles. The van der Waals surface area contributed by atoms with E-state index in [-0.39, 0.29) is 11.8 Å². The minimum atomic E-state index is -1.00. The number of carbonyl (C=O) groups is 1. The highest BCUT2D eigenvalue weighted by Crippen LogP contribution is 2.18. The Bertz CT molecular complexity index is 350. The van der Waals surface area contributed by atoms with Gasteiger partial charge in [-0.15, -0.1) is 0 Å². The molecule has 2 rings (SSSR count). The molecule has 0 aromatic heterocycles. The number of aliphatic imine (C=N–C) groups is 2. The molecule has 4 heteroatoms. The fraction of sp³-hybridized carbons (Fsp3) is 0.125. The Morgan fingerprint density at radius 1 is 1.58 bits per heavy atom. The molecule has 4 nitrogen and oxygen atoms in total. The lowest BCUT2D eigenvalue weighted by molar-refractivity contribution is -0.129. The second-order valence-corrected chi connectivity index (χ2v) is 2.50. The van der Waals surface area contributed by atoms with Crippen LogP contribution >= 0.6 is 0 Å². The van der Waals surface area contributed by atoms with Gasteiger partial charge in [0.15, 0.2) is 0 Å². The van der Waals surface area contributed by atoms with E-state index in [1.807, 2.05) is 0 Å². The molecule has 0 bridgehead atoms. The van der Waals surface area contributed by atoms with E-state index in [9.17, 15) is 4.79 Å². The average molecular weight is 162 g/mol. The smallest absolute Gasteiger partial charge is 0.354 e. The molecule has 0 amide bonds. The van der Waals surface area contributed by atoms with Gasteiger partial charge in [0.2, 0.25) is 0 Å². The monoisotopic (exact) mass is 162 g/mol. The van der Waals surface area contributed by atoms with Crippen molar-refractivity contribution in [2.45, 2.75) is 6.04 Å². The Morgan fingerprint density at radius 3 is 3.17 bits per heavy atom. The molecule has 0 spiro atoms. The lowest BCUT2D eigenvalue weighted by atomic mass is 10.1. The number of carboxylic acids is 1. The predicted octanol–water partition coefficient (Wildman–Crippen LogP) is 0.419. The standard InChI is InChI=1S/C8H6N2O2/c11-8(12)7-2-1-5-6(10-7)3-4-9-5/h1-5H,(H,11,12)/t5-/m1/s1. The van der Waals surface area contributed by atoms with Crippen LogP contribution in [0.25, 0.3) is 0 Å². The van der Waals surface area contributed by atoms with Gasteiger partial charge in [0, 0.05) is 6.21 Å². The van der Waals surface area contributed by atoms with E-state index in [1.54, 1.807) is 18.4 Å². The highest BCUT2D eigenvalue weighted by Gasteiger charge is 2.19. The van der Waals surface area contributed by atoms with Crippen LogP contribution in [0.2, 0.25) is 0 Å². The molecule has 1 N–H and O–H groups in total. The Labute approximate surface area is 68.6 Å². The molecule has 0 unspecified atom stereocenters. The maximum absolute atomic E-state index is 10.5. The van der Waals surface area contributed by atoms with Crippen molar-refractivity contribution in [3.63, 3.8) is 0 Å². The van der Waals surface area contributed by atoms with E-state index in [1.165, 1.54) is 6.08 Å². The van der Waals surface area contributed by atoms with Gasteiger partial charge in [-0.3, -0.25) is 4.99 Å². The van der Waals surface area contributed by atoms with Gasteiger partial charge in [0.05, 0.1) is 5.70 Å². The van der Waals surface area contributed by atoms with Gasteiger partial charge < -0.3 is 5.11 Å². The number of fused-ring (bicyclic) bond motifs is 1. The van der Waals surface area contributed by atoms with Crippen LogP contribution in [0.4, 0.5) is 0 Å². The zero-order valence-corrected chi connectivity index (χ0v) is 6.14. The van der Waals surface area contributed by atoms with Crippen molar-refractivity contribution in [2.24, 2.45) is 9.98 Å². The molecule has 12 heavy (non-hydrogen) atoms. The Hall–Kier alpha value is -1.71. The first-order chi connectivity index (χ1) is 5.77. The molecule has 0 aliphatic carbocycles. The highest BCUT2D eigenvalue weighted by atomic mass is 16.4. The van der Waals surface area contributed by atoms with Gasteiger partial charge >= 0.3 is 5.97 Å². The van der Waals surface area contributed by atoms with Crippen LogP contribution in [0.5, 0.6) is 0 Å². The first-order valence-corrected chi connectivity index (χ1v) is 3.51. The van der Waals surface area contributed by atoms with Crippen molar-refractivity contribution < 1.29 is 9.90 Å². The Morgan fingerprint density at radius 2 is 2.42 bits per heavy atom. The zero-order chi connectivity index (χ0) is 8.55. The van der Waals surface area contributed by atoms with Gasteiger partial charge in [-0.2, -0.15) is 0 Å². The molecule has 0 saturated heterocycles. The molecule has 0 radical (unpaired) electrons. The number of allylic oxidation sites excluding steroid dienone is 1. The quantitative estimate of drug-likeness (QED) is 0.607. The second-order valence-electron chi connectivity index (χ2n) is 2.50. The lowest BCUT2D eigenvalue weighted by Gasteiger charge is -2.08. The van der Waals surface area contributed by atoms with Gasteiger partial charge in [0.25, 0.3) is 0 Å². The number of hydrogen-bond acceptors (Lipinski definition) is 3. The average Bonchev–Trinajstić information content (AvgIpc) is 2.49. The summed E-state index contributed by atoms with van der Waals surface area (Å²) in [6.07, 6.45) is 6.56. The van der Waals surface area contributed by atoms with E-state index >= 15 is 0 Å². The topological polar surface area (TPSA) is 62.0 Å². The van der Waals surface area contributed by atoms with Crippen LogP contribution in [0, 0.1) is 0 Å². The maximum atomic E-state index is 10.5. The second kappa shape index (κ2) is 2.41. The molecule has 60 valence electrons. The predicted molar refractivity (Wildman–Crippen MR) is 44.6 cm³/mol. The third kappa shape index (κ3) is 0.972. The van der Waals surface area contributed by atoms with Crippen LogP contribution in [0.15, 0.2) is 33.9 Å². The number of rotatable bonds is 1. The Kier molecular flexibility index (Phi) is 1.40. The van der Waals surface area contributed by atoms with Gasteiger partial charge in [-0.1, -0.05) is 6.08 Å². The number of dihydropyridines is 1. The van der Waals surface area contributed by atoms with Crippen LogP contribution in [0.1, 0.15) is 0 Å². The lowest BCUT2D eigenvalue weighted by Crippen LogP contribution is -2.16.